The average molecular weight is 559 g/mol. The van der Waals surface area contributed by atoms with Crippen LogP contribution < -0.4 is 32.7 Å². The predicted octanol–water partition coefficient (Wildman–Crippen LogP) is -0.581. The maximum absolute atomic E-state index is 13.0. The minimum Gasteiger partial charge on any atom is -0.508 e. The Bertz CT molecular complexity index is 1070. The van der Waals surface area contributed by atoms with E-state index in [-0.39, 0.29) is 31.3 Å². The molecule has 3 atom stereocenters. The highest BCUT2D eigenvalue weighted by atomic mass is 32.2. The topological polar surface area (TPSA) is 189 Å². The first-order valence-electron chi connectivity index (χ1n) is 12.6. The Hall–Kier alpha value is -3.61. The van der Waals surface area contributed by atoms with Gasteiger partial charge in [0.05, 0.1) is 13.1 Å². The van der Waals surface area contributed by atoms with Gasteiger partial charge in [0.1, 0.15) is 17.8 Å². The molecular weight excluding hydrogens is 520 g/mol. The number of phenolic OH excluding ortho intramolecular Hbond substituents is 1. The Morgan fingerprint density at radius 3 is 2.18 bits per heavy atom. The van der Waals surface area contributed by atoms with Crippen LogP contribution in [0, 0.1) is 0 Å². The quantitative estimate of drug-likeness (QED) is 0.134. The molecule has 4 amide bonds. The molecule has 2 rings (SSSR count). The number of hydrogen-bond acceptors (Lipinski definition) is 8. The van der Waals surface area contributed by atoms with E-state index in [1.165, 1.54) is 11.8 Å². The number of hydrogen-bond donors (Lipinski definition) is 7. The molecule has 39 heavy (non-hydrogen) atoms. The fourth-order valence-electron chi connectivity index (χ4n) is 3.72. The van der Waals surface area contributed by atoms with Crippen LogP contribution in [0.4, 0.5) is 0 Å². The molecule has 12 heteroatoms. The third kappa shape index (κ3) is 12.7. The summed E-state index contributed by atoms with van der Waals surface area (Å²) in [6.07, 6.45) is 3.01. The number of amides is 4. The van der Waals surface area contributed by atoms with Crippen LogP contribution in [-0.4, -0.2) is 78.5 Å². The third-order valence-corrected chi connectivity index (χ3v) is 6.42. The summed E-state index contributed by atoms with van der Waals surface area (Å²) in [5, 5.41) is 20.1. The van der Waals surface area contributed by atoms with E-state index in [0.717, 1.165) is 11.1 Å². The largest absolute Gasteiger partial charge is 0.508 e. The minimum atomic E-state index is -0.969. The molecule has 9 N–H and O–H groups in total. The number of thioether (sulfide) groups is 1. The monoisotopic (exact) mass is 558 g/mol. The molecular formula is C27H38N6O5S. The number of nitrogens with one attached hydrogen (secondary N) is 4. The molecule has 0 unspecified atom stereocenters. The number of primary amides is 1. The lowest BCUT2D eigenvalue weighted by atomic mass is 10.0. The zero-order chi connectivity index (χ0) is 28.6. The van der Waals surface area contributed by atoms with Gasteiger partial charge in [-0.25, -0.2) is 0 Å². The fraction of sp³-hybridized carbons (Fsp3) is 0.407. The number of carbonyl (C=O) groups excluding carboxylic acids is 4. The summed E-state index contributed by atoms with van der Waals surface area (Å²) in [6, 6.07) is 13.8. The van der Waals surface area contributed by atoms with Crippen molar-refractivity contribution in [2.75, 3.05) is 31.6 Å². The summed E-state index contributed by atoms with van der Waals surface area (Å²) >= 11 is 1.52. The van der Waals surface area contributed by atoms with Crippen molar-refractivity contribution in [2.45, 2.75) is 37.4 Å². The lowest BCUT2D eigenvalue weighted by Gasteiger charge is -2.22. The van der Waals surface area contributed by atoms with Gasteiger partial charge >= 0.3 is 0 Å². The van der Waals surface area contributed by atoms with E-state index < -0.39 is 35.7 Å². The van der Waals surface area contributed by atoms with Crippen molar-refractivity contribution in [3.05, 3.63) is 65.7 Å². The SMILES string of the molecule is CSCC[C@H](NC(=O)[C@H](Cc1ccccc1)NC(=O)CNC(=O)CNC[C@@H](N)Cc1ccc(O)cc1)C(N)=O. The van der Waals surface area contributed by atoms with Crippen LogP contribution in [0.15, 0.2) is 54.6 Å². The van der Waals surface area contributed by atoms with Crippen molar-refractivity contribution < 1.29 is 24.3 Å². The summed E-state index contributed by atoms with van der Waals surface area (Å²) < 4.78 is 0. The van der Waals surface area contributed by atoms with Gasteiger partial charge in [-0.3, -0.25) is 19.2 Å². The number of rotatable bonds is 17. The second-order valence-corrected chi connectivity index (χ2v) is 10.1. The summed E-state index contributed by atoms with van der Waals surface area (Å²) in [7, 11) is 0. The molecule has 0 bridgehead atoms. The van der Waals surface area contributed by atoms with Gasteiger partial charge < -0.3 is 37.8 Å². The highest BCUT2D eigenvalue weighted by molar-refractivity contribution is 7.98. The second kappa shape index (κ2) is 17.1. The first kappa shape index (κ1) is 31.6. The molecule has 212 valence electrons. The lowest BCUT2D eigenvalue weighted by Crippen LogP contribution is -2.55. The van der Waals surface area contributed by atoms with E-state index in [1.807, 2.05) is 36.6 Å². The van der Waals surface area contributed by atoms with Crippen LogP contribution in [0.5, 0.6) is 5.75 Å². The molecule has 0 aliphatic heterocycles. The number of nitrogens with two attached hydrogens (primary N) is 2. The zero-order valence-electron chi connectivity index (χ0n) is 22.0. The van der Waals surface area contributed by atoms with Gasteiger partial charge in [-0.1, -0.05) is 42.5 Å². The number of phenols is 1. The van der Waals surface area contributed by atoms with E-state index in [9.17, 15) is 24.3 Å². The van der Waals surface area contributed by atoms with Crippen LogP contribution in [0.25, 0.3) is 0 Å². The van der Waals surface area contributed by atoms with Crippen LogP contribution in [0.3, 0.4) is 0 Å². The van der Waals surface area contributed by atoms with Crippen LogP contribution >= 0.6 is 11.8 Å². The molecule has 0 spiro atoms. The van der Waals surface area contributed by atoms with E-state index in [0.29, 0.717) is 25.1 Å². The van der Waals surface area contributed by atoms with Gasteiger partial charge in [-0.05, 0) is 48.1 Å². The molecule has 2 aromatic rings. The normalized spacial score (nSPS) is 13.1. The van der Waals surface area contributed by atoms with Crippen LogP contribution in [-0.2, 0) is 32.0 Å². The first-order chi connectivity index (χ1) is 18.7. The molecule has 11 nitrogen and oxygen atoms in total. The molecule has 0 radical (unpaired) electrons. The van der Waals surface area contributed by atoms with Crippen molar-refractivity contribution in [2.24, 2.45) is 11.5 Å². The lowest BCUT2D eigenvalue weighted by molar-refractivity contribution is -0.131. The number of aromatic hydroxyl groups is 1. The summed E-state index contributed by atoms with van der Waals surface area (Å²) in [6.45, 7) is 0.00195. The third-order valence-electron chi connectivity index (χ3n) is 5.78. The highest BCUT2D eigenvalue weighted by Crippen LogP contribution is 2.10. The Kier molecular flexibility index (Phi) is 13.8. The highest BCUT2D eigenvalue weighted by Gasteiger charge is 2.26. The molecule has 0 aliphatic rings. The van der Waals surface area contributed by atoms with Gasteiger partial charge in [0.25, 0.3) is 0 Å². The van der Waals surface area contributed by atoms with Crippen LogP contribution in [0.2, 0.25) is 0 Å². The fourth-order valence-corrected chi connectivity index (χ4v) is 4.19. The van der Waals surface area contributed by atoms with Crippen molar-refractivity contribution >= 4 is 35.4 Å². The molecule has 0 saturated carbocycles. The van der Waals surface area contributed by atoms with Gasteiger partial charge in [-0.2, -0.15) is 11.8 Å². The number of benzene rings is 2. The second-order valence-electron chi connectivity index (χ2n) is 9.09. The van der Waals surface area contributed by atoms with E-state index >= 15 is 0 Å². The van der Waals surface area contributed by atoms with Gasteiger partial charge in [0.2, 0.25) is 23.6 Å². The molecule has 2 aromatic carbocycles. The van der Waals surface area contributed by atoms with Gasteiger partial charge in [0, 0.05) is 19.0 Å². The summed E-state index contributed by atoms with van der Waals surface area (Å²) in [4.78, 5) is 49.6. The Morgan fingerprint density at radius 2 is 1.54 bits per heavy atom. The molecule has 0 fully saturated rings. The minimum absolute atomic E-state index is 0.0414. The van der Waals surface area contributed by atoms with Crippen molar-refractivity contribution in [3.8, 4) is 5.75 Å². The molecule has 0 heterocycles. The van der Waals surface area contributed by atoms with Crippen LogP contribution in [0.1, 0.15) is 17.5 Å². The van der Waals surface area contributed by atoms with Crippen molar-refractivity contribution in [1.82, 2.24) is 21.3 Å². The van der Waals surface area contributed by atoms with E-state index in [1.54, 1.807) is 24.3 Å². The average Bonchev–Trinajstić information content (AvgIpc) is 2.91. The van der Waals surface area contributed by atoms with E-state index in [2.05, 4.69) is 21.3 Å². The van der Waals surface area contributed by atoms with Gasteiger partial charge in [-0.15, -0.1) is 0 Å². The Labute approximate surface area is 232 Å². The zero-order valence-corrected chi connectivity index (χ0v) is 22.8. The van der Waals surface area contributed by atoms with Crippen molar-refractivity contribution in [3.63, 3.8) is 0 Å². The Balaban J connectivity index is 1.83. The summed E-state index contributed by atoms with van der Waals surface area (Å²) in [5.41, 5.74) is 13.3. The van der Waals surface area contributed by atoms with Gasteiger partial charge in [0.15, 0.2) is 0 Å². The molecule has 0 saturated heterocycles. The first-order valence-corrected chi connectivity index (χ1v) is 14.0. The molecule has 0 aromatic heterocycles. The predicted molar refractivity (Wildman–Crippen MR) is 152 cm³/mol. The van der Waals surface area contributed by atoms with Crippen molar-refractivity contribution in [1.29, 1.82) is 0 Å². The number of carbonyl (C=O) groups is 4. The Morgan fingerprint density at radius 1 is 0.872 bits per heavy atom. The standard InChI is InChI=1S/C27H38N6O5S/c1-39-12-11-22(26(29)37)33-27(38)23(14-18-5-3-2-4-6-18)32-25(36)17-31-24(35)16-30-15-20(28)13-19-7-9-21(34)10-8-19/h2-10,20,22-23,30,34H,11-17,28H2,1H3,(H2,29,37)(H,31,35)(H,32,36)(H,33,38)/t20-,22-,23-/m0/s1. The van der Waals surface area contributed by atoms with E-state index in [4.69, 9.17) is 11.5 Å². The molecule has 0 aliphatic carbocycles. The maximum atomic E-state index is 13.0. The summed E-state index contributed by atoms with van der Waals surface area (Å²) in [5.74, 6) is -1.33. The maximum Gasteiger partial charge on any atom is 0.243 e. The smallest absolute Gasteiger partial charge is 0.243 e.